The lowest BCUT2D eigenvalue weighted by Gasteiger charge is -2.61. The second-order valence-corrected chi connectivity index (χ2v) is 13.1. The number of fused-ring (bicyclic) bond motifs is 7. The standard InChI is InChI=1S/C27H42O5/c1-14-5-8-27(31-13-14)15(2)24-22(32-27)11-19-17-10-21(29)20-9-16(28)6-7-25(20,3)18(17)12-23(30)26(19,24)4/h14-22,24,28-29H,5-13H2,1-4H3/t14-,15+,16+,17-,18+,19+,20-,21-,22+,24+,25-,26-,27-/m1/s1. The number of hydrogen-bond donors (Lipinski definition) is 2. The van der Waals surface area contributed by atoms with Crippen molar-refractivity contribution in [3.05, 3.63) is 0 Å². The molecule has 2 heterocycles. The third-order valence-corrected chi connectivity index (χ3v) is 11.8. The summed E-state index contributed by atoms with van der Waals surface area (Å²) >= 11 is 0. The monoisotopic (exact) mass is 446 g/mol. The summed E-state index contributed by atoms with van der Waals surface area (Å²) in [6, 6.07) is 0. The molecule has 5 nitrogen and oxygen atoms in total. The fraction of sp³-hybridized carbons (Fsp3) is 0.963. The van der Waals surface area contributed by atoms with E-state index in [1.54, 1.807) is 0 Å². The lowest BCUT2D eigenvalue weighted by molar-refractivity contribution is -0.273. The molecule has 32 heavy (non-hydrogen) atoms. The Morgan fingerprint density at radius 2 is 1.75 bits per heavy atom. The normalized spacial score (nSPS) is 61.8. The highest BCUT2D eigenvalue weighted by molar-refractivity contribution is 5.87. The van der Waals surface area contributed by atoms with Gasteiger partial charge in [-0.1, -0.05) is 27.7 Å². The van der Waals surface area contributed by atoms with Crippen LogP contribution >= 0.6 is 0 Å². The number of carbonyl (C=O) groups is 1. The van der Waals surface area contributed by atoms with E-state index >= 15 is 0 Å². The highest BCUT2D eigenvalue weighted by Gasteiger charge is 2.72. The van der Waals surface area contributed by atoms with Crippen LogP contribution < -0.4 is 0 Å². The zero-order valence-corrected chi connectivity index (χ0v) is 20.3. The van der Waals surface area contributed by atoms with Crippen molar-refractivity contribution in [3.63, 3.8) is 0 Å². The van der Waals surface area contributed by atoms with Crippen LogP contribution in [0.1, 0.15) is 79.1 Å². The van der Waals surface area contributed by atoms with Crippen molar-refractivity contribution >= 4 is 5.78 Å². The van der Waals surface area contributed by atoms with Crippen LogP contribution in [0.3, 0.4) is 0 Å². The molecule has 4 aliphatic carbocycles. The summed E-state index contributed by atoms with van der Waals surface area (Å²) in [6.45, 7) is 9.79. The van der Waals surface area contributed by atoms with E-state index in [4.69, 9.17) is 9.47 Å². The van der Waals surface area contributed by atoms with Crippen LogP contribution in [-0.4, -0.2) is 46.7 Å². The van der Waals surface area contributed by atoms with Crippen LogP contribution in [0.15, 0.2) is 0 Å². The van der Waals surface area contributed by atoms with Gasteiger partial charge in [0.2, 0.25) is 0 Å². The molecule has 6 fully saturated rings. The van der Waals surface area contributed by atoms with E-state index in [0.29, 0.717) is 36.4 Å². The predicted octanol–water partition coefficient (Wildman–Crippen LogP) is 3.94. The Hall–Kier alpha value is -0.490. The van der Waals surface area contributed by atoms with Crippen LogP contribution in [-0.2, 0) is 14.3 Å². The van der Waals surface area contributed by atoms with E-state index in [1.165, 1.54) is 0 Å². The van der Waals surface area contributed by atoms with Gasteiger partial charge in [0.1, 0.15) is 5.78 Å². The maximum absolute atomic E-state index is 14.0. The number of hydrogen-bond acceptors (Lipinski definition) is 5. The SMILES string of the molecule is C[C@@H]1CC[C@@]2(OC1)O[C@H]1C[C@H]3[C@@H]4C[C@@H](O)[C@H]5C[C@@H](O)CC[C@]5(C)[C@H]4CC(=O)[C@]3(C)[C@H]1[C@@H]2C. The number of aliphatic hydroxyl groups is 2. The maximum Gasteiger partial charge on any atom is 0.171 e. The van der Waals surface area contributed by atoms with E-state index < -0.39 is 5.79 Å². The summed E-state index contributed by atoms with van der Waals surface area (Å²) in [5, 5.41) is 21.5. The smallest absolute Gasteiger partial charge is 0.171 e. The molecule has 2 aliphatic heterocycles. The van der Waals surface area contributed by atoms with Gasteiger partial charge in [-0.05, 0) is 73.5 Å². The van der Waals surface area contributed by atoms with E-state index in [0.717, 1.165) is 45.1 Å². The van der Waals surface area contributed by atoms with E-state index in [1.807, 2.05) is 0 Å². The van der Waals surface area contributed by atoms with Gasteiger partial charge in [-0.25, -0.2) is 0 Å². The summed E-state index contributed by atoms with van der Waals surface area (Å²) in [4.78, 5) is 14.0. The largest absolute Gasteiger partial charge is 0.393 e. The number of rotatable bonds is 0. The van der Waals surface area contributed by atoms with Crippen LogP contribution in [0.4, 0.5) is 0 Å². The molecule has 2 saturated heterocycles. The molecule has 0 bridgehead atoms. The van der Waals surface area contributed by atoms with Crippen LogP contribution in [0.25, 0.3) is 0 Å². The van der Waals surface area contributed by atoms with Crippen LogP contribution in [0.5, 0.6) is 0 Å². The van der Waals surface area contributed by atoms with Crippen LogP contribution in [0.2, 0.25) is 0 Å². The minimum Gasteiger partial charge on any atom is -0.393 e. The Morgan fingerprint density at radius 1 is 0.969 bits per heavy atom. The zero-order chi connectivity index (χ0) is 22.6. The van der Waals surface area contributed by atoms with E-state index in [2.05, 4.69) is 27.7 Å². The van der Waals surface area contributed by atoms with Crippen LogP contribution in [0, 0.1) is 52.3 Å². The molecular weight excluding hydrogens is 404 g/mol. The van der Waals surface area contributed by atoms with Crippen molar-refractivity contribution in [2.24, 2.45) is 52.3 Å². The first-order valence-electron chi connectivity index (χ1n) is 13.3. The molecule has 6 rings (SSSR count). The zero-order valence-electron chi connectivity index (χ0n) is 20.3. The highest BCUT2D eigenvalue weighted by Crippen LogP contribution is 2.70. The Kier molecular flexibility index (Phi) is 4.83. The Morgan fingerprint density at radius 3 is 2.47 bits per heavy atom. The molecule has 0 aromatic carbocycles. The lowest BCUT2D eigenvalue weighted by atomic mass is 9.43. The van der Waals surface area contributed by atoms with Gasteiger partial charge in [0.05, 0.1) is 24.9 Å². The Labute approximate surface area is 192 Å². The molecule has 0 radical (unpaired) electrons. The molecule has 0 amide bonds. The molecule has 5 heteroatoms. The minimum absolute atomic E-state index is 0.0490. The molecular formula is C27H42O5. The molecule has 13 atom stereocenters. The second-order valence-electron chi connectivity index (χ2n) is 13.1. The van der Waals surface area contributed by atoms with Gasteiger partial charge >= 0.3 is 0 Å². The molecule has 4 saturated carbocycles. The predicted molar refractivity (Wildman–Crippen MR) is 120 cm³/mol. The molecule has 0 unspecified atom stereocenters. The fourth-order valence-corrected chi connectivity index (χ4v) is 9.97. The Balaban J connectivity index is 1.32. The van der Waals surface area contributed by atoms with Gasteiger partial charge in [0.15, 0.2) is 5.79 Å². The number of Topliss-reactive ketones (excluding diaryl/α,β-unsaturated/α-hetero) is 1. The van der Waals surface area contributed by atoms with Gasteiger partial charge < -0.3 is 19.7 Å². The molecule has 0 aromatic rings. The minimum atomic E-state index is -0.504. The highest BCUT2D eigenvalue weighted by atomic mass is 16.7. The quantitative estimate of drug-likeness (QED) is 0.589. The summed E-state index contributed by atoms with van der Waals surface area (Å²) in [5.74, 6) is 2.02. The van der Waals surface area contributed by atoms with Crippen molar-refractivity contribution in [2.75, 3.05) is 6.61 Å². The summed E-state index contributed by atoms with van der Waals surface area (Å²) < 4.78 is 13.1. The first-order valence-corrected chi connectivity index (χ1v) is 13.3. The molecule has 180 valence electrons. The van der Waals surface area contributed by atoms with Gasteiger partial charge in [-0.3, -0.25) is 4.79 Å². The van der Waals surface area contributed by atoms with Crippen molar-refractivity contribution < 1.29 is 24.5 Å². The number of carbonyl (C=O) groups excluding carboxylic acids is 1. The summed E-state index contributed by atoms with van der Waals surface area (Å²) in [6.07, 6.45) is 6.20. The first kappa shape index (κ1) is 22.0. The van der Waals surface area contributed by atoms with E-state index in [9.17, 15) is 15.0 Å². The topological polar surface area (TPSA) is 76.0 Å². The molecule has 0 aromatic heterocycles. The number of ketones is 1. The molecule has 6 aliphatic rings. The average molecular weight is 447 g/mol. The van der Waals surface area contributed by atoms with Gasteiger partial charge in [0, 0.05) is 30.1 Å². The van der Waals surface area contributed by atoms with Gasteiger partial charge in [-0.2, -0.15) is 0 Å². The van der Waals surface area contributed by atoms with Gasteiger partial charge in [0.25, 0.3) is 0 Å². The summed E-state index contributed by atoms with van der Waals surface area (Å²) in [5.41, 5.74) is -0.426. The second kappa shape index (κ2) is 7.02. The molecule has 2 N–H and O–H groups in total. The third kappa shape index (κ3) is 2.69. The summed E-state index contributed by atoms with van der Waals surface area (Å²) in [7, 11) is 0. The number of aliphatic hydroxyl groups excluding tert-OH is 2. The molecule has 1 spiro atoms. The first-order chi connectivity index (χ1) is 15.1. The number of ether oxygens (including phenoxy) is 2. The van der Waals surface area contributed by atoms with Crippen molar-refractivity contribution in [1.29, 1.82) is 0 Å². The fourth-order valence-electron chi connectivity index (χ4n) is 9.97. The Bertz CT molecular complexity index is 789. The van der Waals surface area contributed by atoms with Crippen molar-refractivity contribution in [1.82, 2.24) is 0 Å². The average Bonchev–Trinajstić information content (AvgIpc) is 3.19. The van der Waals surface area contributed by atoms with Gasteiger partial charge in [-0.15, -0.1) is 0 Å². The lowest BCUT2D eigenvalue weighted by Crippen LogP contribution is -2.61. The van der Waals surface area contributed by atoms with Crippen molar-refractivity contribution in [3.8, 4) is 0 Å². The third-order valence-electron chi connectivity index (χ3n) is 11.8. The maximum atomic E-state index is 14.0. The van der Waals surface area contributed by atoms with E-state index in [-0.39, 0.29) is 52.8 Å². The van der Waals surface area contributed by atoms with Crippen molar-refractivity contribution in [2.45, 2.75) is 103 Å².